The van der Waals surface area contributed by atoms with E-state index in [1.807, 2.05) is 22.6 Å². The quantitative estimate of drug-likeness (QED) is 0.397. The van der Waals surface area contributed by atoms with Crippen LogP contribution in [0.3, 0.4) is 0 Å². The first-order valence-electron chi connectivity index (χ1n) is 6.58. The smallest absolute Gasteiger partial charge is 0.166 e. The molecule has 0 radical (unpaired) electrons. The lowest BCUT2D eigenvalue weighted by Crippen LogP contribution is -2.34. The lowest BCUT2D eigenvalue weighted by atomic mass is 10.1. The summed E-state index contributed by atoms with van der Waals surface area (Å²) >= 11 is 2.03. The molecule has 0 saturated heterocycles. The van der Waals surface area contributed by atoms with Crippen LogP contribution in [0.5, 0.6) is 0 Å². The van der Waals surface area contributed by atoms with Crippen LogP contribution in [0.1, 0.15) is 10.5 Å². The SMILES string of the molecule is Nc1ncnc2c1ncn2C(I)C(O)C(O)[C@@H]1C[C@@H]1CO. The number of halogens is 1. The normalized spacial score (nSPS) is 25.7. The van der Waals surface area contributed by atoms with Gasteiger partial charge in [0.25, 0.3) is 0 Å². The zero-order valence-electron chi connectivity index (χ0n) is 11.0. The van der Waals surface area contributed by atoms with Gasteiger partial charge in [0, 0.05) is 6.61 Å². The van der Waals surface area contributed by atoms with E-state index in [0.29, 0.717) is 11.2 Å². The lowest BCUT2D eigenvalue weighted by molar-refractivity contribution is -0.00640. The molecule has 0 amide bonds. The predicted octanol–water partition coefficient (Wildman–Crippen LogP) is -0.308. The first-order valence-corrected chi connectivity index (χ1v) is 7.83. The molecule has 0 bridgehead atoms. The van der Waals surface area contributed by atoms with Gasteiger partial charge in [0.1, 0.15) is 22.0 Å². The Morgan fingerprint density at radius 3 is 2.81 bits per heavy atom. The Morgan fingerprint density at radius 1 is 1.38 bits per heavy atom. The zero-order valence-corrected chi connectivity index (χ0v) is 13.2. The maximum atomic E-state index is 10.3. The first kappa shape index (κ1) is 14.9. The van der Waals surface area contributed by atoms with Gasteiger partial charge in [-0.05, 0) is 18.3 Å². The van der Waals surface area contributed by atoms with Crippen molar-refractivity contribution in [3.05, 3.63) is 12.7 Å². The van der Waals surface area contributed by atoms with E-state index in [2.05, 4.69) is 15.0 Å². The standard InChI is InChI=1S/C12H16IN5O3/c13-10(9(21)8(20)6-1-5(6)2-19)18-4-17-7-11(14)15-3-16-12(7)18/h3-6,8-10,19-21H,1-2H2,(H2,14,15,16)/t5-,6-,8?,9?,10?/m1/s1. The number of nitrogens with two attached hydrogens (primary N) is 1. The van der Waals surface area contributed by atoms with Crippen molar-refractivity contribution in [3.63, 3.8) is 0 Å². The first-order chi connectivity index (χ1) is 10.0. The summed E-state index contributed by atoms with van der Waals surface area (Å²) in [6, 6.07) is 0. The minimum Gasteiger partial charge on any atom is -0.396 e. The molecule has 1 aliphatic rings. The van der Waals surface area contributed by atoms with Crippen molar-refractivity contribution < 1.29 is 15.3 Å². The number of hydrogen-bond donors (Lipinski definition) is 4. The van der Waals surface area contributed by atoms with Crippen LogP contribution in [0, 0.1) is 11.8 Å². The Morgan fingerprint density at radius 2 is 2.14 bits per heavy atom. The van der Waals surface area contributed by atoms with Gasteiger partial charge in [-0.1, -0.05) is 22.6 Å². The van der Waals surface area contributed by atoms with Gasteiger partial charge in [-0.15, -0.1) is 0 Å². The lowest BCUT2D eigenvalue weighted by Gasteiger charge is -2.24. The molecule has 1 aliphatic carbocycles. The number of fused-ring (bicyclic) bond motifs is 1. The highest BCUT2D eigenvalue weighted by atomic mass is 127. The van der Waals surface area contributed by atoms with Crippen molar-refractivity contribution in [2.45, 2.75) is 22.7 Å². The van der Waals surface area contributed by atoms with Crippen LogP contribution >= 0.6 is 22.6 Å². The number of nitrogens with zero attached hydrogens (tertiary/aromatic N) is 4. The molecule has 3 unspecified atom stereocenters. The molecule has 0 aliphatic heterocycles. The molecule has 3 rings (SSSR count). The van der Waals surface area contributed by atoms with Gasteiger partial charge in [-0.2, -0.15) is 0 Å². The second kappa shape index (κ2) is 5.63. The second-order valence-corrected chi connectivity index (χ2v) is 6.56. The molecule has 2 aromatic rings. The fourth-order valence-corrected chi connectivity index (χ4v) is 3.36. The average Bonchev–Trinajstić information content (AvgIpc) is 3.15. The monoisotopic (exact) mass is 405 g/mol. The highest BCUT2D eigenvalue weighted by Crippen LogP contribution is 2.43. The zero-order chi connectivity index (χ0) is 15.1. The fraction of sp³-hybridized carbons (Fsp3) is 0.583. The Balaban J connectivity index is 1.83. The number of alkyl halides is 1. The number of rotatable bonds is 5. The third kappa shape index (κ3) is 2.58. The Hall–Kier alpha value is -1.04. The van der Waals surface area contributed by atoms with E-state index >= 15 is 0 Å². The van der Waals surface area contributed by atoms with Crippen LogP contribution in [0.15, 0.2) is 12.7 Å². The molecule has 0 aromatic carbocycles. The van der Waals surface area contributed by atoms with Crippen LogP contribution < -0.4 is 5.73 Å². The second-order valence-electron chi connectivity index (χ2n) is 5.28. The van der Waals surface area contributed by atoms with E-state index in [-0.39, 0.29) is 24.3 Å². The van der Waals surface area contributed by atoms with E-state index in [1.165, 1.54) is 12.7 Å². The third-order valence-electron chi connectivity index (χ3n) is 3.93. The number of aromatic nitrogens is 4. The topological polar surface area (TPSA) is 130 Å². The van der Waals surface area contributed by atoms with Crippen molar-refractivity contribution in [1.82, 2.24) is 19.5 Å². The van der Waals surface area contributed by atoms with E-state index in [1.54, 1.807) is 4.57 Å². The summed E-state index contributed by atoms with van der Waals surface area (Å²) in [4.78, 5) is 12.1. The summed E-state index contributed by atoms with van der Waals surface area (Å²) in [6.45, 7) is 0.0398. The van der Waals surface area contributed by atoms with Gasteiger partial charge in [0.2, 0.25) is 0 Å². The molecule has 2 heterocycles. The van der Waals surface area contributed by atoms with E-state index in [0.717, 1.165) is 6.42 Å². The van der Waals surface area contributed by atoms with Crippen molar-refractivity contribution in [2.24, 2.45) is 11.8 Å². The van der Waals surface area contributed by atoms with Crippen LogP contribution in [-0.4, -0.2) is 53.7 Å². The number of anilines is 1. The summed E-state index contributed by atoms with van der Waals surface area (Å²) in [5, 5.41) is 29.6. The number of hydrogen-bond acceptors (Lipinski definition) is 7. The summed E-state index contributed by atoms with van der Waals surface area (Å²) in [7, 11) is 0. The molecule has 0 spiro atoms. The van der Waals surface area contributed by atoms with Crippen LogP contribution in [-0.2, 0) is 0 Å². The van der Waals surface area contributed by atoms with Gasteiger partial charge in [0.05, 0.1) is 12.4 Å². The third-order valence-corrected chi connectivity index (χ3v) is 5.27. The molecule has 1 fully saturated rings. The molecular weight excluding hydrogens is 389 g/mol. The number of aliphatic hydroxyl groups is 3. The number of imidazole rings is 1. The minimum atomic E-state index is -0.985. The molecule has 8 nitrogen and oxygen atoms in total. The summed E-state index contributed by atoms with van der Waals surface area (Å²) in [5.74, 6) is 0.299. The Kier molecular flexibility index (Phi) is 3.99. The molecule has 2 aromatic heterocycles. The highest BCUT2D eigenvalue weighted by molar-refractivity contribution is 14.1. The van der Waals surface area contributed by atoms with Gasteiger partial charge < -0.3 is 21.1 Å². The largest absolute Gasteiger partial charge is 0.396 e. The van der Waals surface area contributed by atoms with E-state index < -0.39 is 16.3 Å². The number of nitrogen functional groups attached to an aromatic ring is 1. The number of aliphatic hydroxyl groups excluding tert-OH is 3. The maximum Gasteiger partial charge on any atom is 0.166 e. The Bertz CT molecular complexity index is 651. The van der Waals surface area contributed by atoms with Gasteiger partial charge in [-0.3, -0.25) is 4.57 Å². The summed E-state index contributed by atoms with van der Waals surface area (Å²) < 4.78 is 1.22. The van der Waals surface area contributed by atoms with Crippen molar-refractivity contribution in [1.29, 1.82) is 0 Å². The van der Waals surface area contributed by atoms with Crippen molar-refractivity contribution in [3.8, 4) is 0 Å². The predicted molar refractivity (Wildman–Crippen MR) is 83.5 cm³/mol. The Labute approximate surface area is 134 Å². The molecular formula is C12H16IN5O3. The summed E-state index contributed by atoms with van der Waals surface area (Å²) in [5.41, 5.74) is 6.72. The van der Waals surface area contributed by atoms with Crippen LogP contribution in [0.2, 0.25) is 0 Å². The van der Waals surface area contributed by atoms with Crippen LogP contribution in [0.4, 0.5) is 5.82 Å². The molecule has 21 heavy (non-hydrogen) atoms. The highest BCUT2D eigenvalue weighted by Gasteiger charge is 2.46. The van der Waals surface area contributed by atoms with Crippen molar-refractivity contribution in [2.75, 3.05) is 12.3 Å². The molecule has 5 atom stereocenters. The maximum absolute atomic E-state index is 10.3. The van der Waals surface area contributed by atoms with Crippen LogP contribution in [0.25, 0.3) is 11.2 Å². The van der Waals surface area contributed by atoms with Gasteiger partial charge in [-0.25, -0.2) is 15.0 Å². The van der Waals surface area contributed by atoms with Crippen molar-refractivity contribution >= 4 is 39.6 Å². The molecule has 5 N–H and O–H groups in total. The summed E-state index contributed by atoms with van der Waals surface area (Å²) in [6.07, 6.45) is 1.73. The molecule has 1 saturated carbocycles. The van der Waals surface area contributed by atoms with Gasteiger partial charge in [0.15, 0.2) is 11.5 Å². The minimum absolute atomic E-state index is 0.0398. The molecule has 114 valence electrons. The van der Waals surface area contributed by atoms with E-state index in [4.69, 9.17) is 10.8 Å². The molecule has 9 heteroatoms. The average molecular weight is 405 g/mol. The van der Waals surface area contributed by atoms with Gasteiger partial charge >= 0.3 is 0 Å². The fourth-order valence-electron chi connectivity index (χ4n) is 2.53. The van der Waals surface area contributed by atoms with E-state index in [9.17, 15) is 10.2 Å².